The number of aromatic nitrogens is 1. The van der Waals surface area contributed by atoms with Gasteiger partial charge >= 0.3 is 6.18 Å². The number of hydrogen-bond donors (Lipinski definition) is 1. The summed E-state index contributed by atoms with van der Waals surface area (Å²) in [7, 11) is 0. The first kappa shape index (κ1) is 14.0. The zero-order valence-corrected chi connectivity index (χ0v) is 10.5. The van der Waals surface area contributed by atoms with Gasteiger partial charge in [0.15, 0.2) is 0 Å². The first-order valence-corrected chi connectivity index (χ1v) is 6.11. The predicted octanol–water partition coefficient (Wildman–Crippen LogP) is 4.02. The van der Waals surface area contributed by atoms with Crippen LogP contribution >= 0.6 is 11.3 Å². The van der Waals surface area contributed by atoms with Crippen LogP contribution in [0.25, 0.3) is 10.6 Å². The molecule has 0 radical (unpaired) electrons. The fraction of sp³-hybridized carbons (Fsp3) is 0.250. The second-order valence-corrected chi connectivity index (χ2v) is 5.00. The summed E-state index contributed by atoms with van der Waals surface area (Å²) in [6.07, 6.45) is -4.00. The van der Waals surface area contributed by atoms with Gasteiger partial charge in [0.1, 0.15) is 10.8 Å². The monoisotopic (exact) mass is 291 g/mol. The third kappa shape index (κ3) is 2.93. The topological polar surface area (TPSA) is 33.1 Å². The van der Waals surface area contributed by atoms with Crippen LogP contribution in [0.5, 0.6) is 0 Å². The summed E-state index contributed by atoms with van der Waals surface area (Å²) in [5.74, 6) is -0.778. The van der Waals surface area contributed by atoms with Crippen LogP contribution in [0.15, 0.2) is 24.4 Å². The van der Waals surface area contributed by atoms with Crippen molar-refractivity contribution in [2.24, 2.45) is 0 Å². The smallest absolute Gasteiger partial charge is 0.388 e. The number of halogens is 4. The van der Waals surface area contributed by atoms with E-state index in [2.05, 4.69) is 4.98 Å². The van der Waals surface area contributed by atoms with E-state index in [1.165, 1.54) is 13.1 Å². The summed E-state index contributed by atoms with van der Waals surface area (Å²) in [4.78, 5) is 4.31. The van der Waals surface area contributed by atoms with Gasteiger partial charge in [0.25, 0.3) is 0 Å². The van der Waals surface area contributed by atoms with E-state index in [4.69, 9.17) is 0 Å². The molecule has 1 aromatic carbocycles. The molecule has 0 amide bonds. The highest BCUT2D eigenvalue weighted by molar-refractivity contribution is 7.15. The average Bonchev–Trinajstić information content (AvgIpc) is 2.77. The van der Waals surface area contributed by atoms with E-state index in [1.54, 1.807) is 0 Å². The molecular formula is C12H9F4NOS. The van der Waals surface area contributed by atoms with E-state index in [-0.39, 0.29) is 10.6 Å². The van der Waals surface area contributed by atoms with Crippen molar-refractivity contribution in [2.45, 2.75) is 19.2 Å². The largest absolute Gasteiger partial charge is 0.416 e. The van der Waals surface area contributed by atoms with Crippen LogP contribution in [0, 0.1) is 5.82 Å². The molecule has 19 heavy (non-hydrogen) atoms. The lowest BCUT2D eigenvalue weighted by Crippen LogP contribution is -2.05. The molecular weight excluding hydrogens is 282 g/mol. The average molecular weight is 291 g/mol. The van der Waals surface area contributed by atoms with Crippen molar-refractivity contribution in [2.75, 3.05) is 0 Å². The number of benzene rings is 1. The van der Waals surface area contributed by atoms with Gasteiger partial charge in [-0.05, 0) is 25.1 Å². The summed E-state index contributed by atoms with van der Waals surface area (Å²) in [6.45, 7) is 1.50. The highest BCUT2D eigenvalue weighted by Gasteiger charge is 2.31. The number of aliphatic hydroxyl groups excluding tert-OH is 1. The van der Waals surface area contributed by atoms with Crippen LogP contribution in [-0.4, -0.2) is 10.1 Å². The molecule has 2 rings (SSSR count). The van der Waals surface area contributed by atoms with Gasteiger partial charge in [-0.3, -0.25) is 0 Å². The van der Waals surface area contributed by atoms with E-state index in [0.29, 0.717) is 10.9 Å². The molecule has 0 aliphatic carbocycles. The van der Waals surface area contributed by atoms with Crippen LogP contribution < -0.4 is 0 Å². The molecule has 2 nitrogen and oxygen atoms in total. The third-order valence-corrected chi connectivity index (χ3v) is 3.66. The summed E-state index contributed by atoms with van der Waals surface area (Å²) < 4.78 is 51.3. The predicted molar refractivity (Wildman–Crippen MR) is 63.1 cm³/mol. The van der Waals surface area contributed by atoms with Gasteiger partial charge in [0.05, 0.1) is 16.5 Å². The molecule has 0 aliphatic rings. The first-order valence-electron chi connectivity index (χ1n) is 5.30. The highest BCUT2D eigenvalue weighted by atomic mass is 32.1. The molecule has 1 heterocycles. The lowest BCUT2D eigenvalue weighted by molar-refractivity contribution is -0.137. The quantitative estimate of drug-likeness (QED) is 0.848. The Labute approximate surface area is 110 Å². The second-order valence-electron chi connectivity index (χ2n) is 3.94. The molecule has 102 valence electrons. The van der Waals surface area contributed by atoms with Gasteiger partial charge < -0.3 is 5.11 Å². The number of thiazole rings is 1. The minimum Gasteiger partial charge on any atom is -0.388 e. The van der Waals surface area contributed by atoms with Crippen LogP contribution in [0.3, 0.4) is 0 Å². The van der Waals surface area contributed by atoms with E-state index in [0.717, 1.165) is 23.5 Å². The normalized spacial score (nSPS) is 13.6. The highest BCUT2D eigenvalue weighted by Crippen LogP contribution is 2.35. The van der Waals surface area contributed by atoms with Gasteiger partial charge in [-0.1, -0.05) is 0 Å². The van der Waals surface area contributed by atoms with Crippen molar-refractivity contribution in [3.8, 4) is 10.6 Å². The number of alkyl halides is 3. The molecule has 0 saturated carbocycles. The SMILES string of the molecule is CC(O)c1cnc(-c2cc(C(F)(F)F)ccc2F)s1. The Morgan fingerprint density at radius 3 is 2.53 bits per heavy atom. The van der Waals surface area contributed by atoms with Crippen LogP contribution in [0.1, 0.15) is 23.5 Å². The Bertz CT molecular complexity index is 592. The first-order chi connectivity index (χ1) is 8.79. The van der Waals surface area contributed by atoms with Gasteiger partial charge in [0, 0.05) is 11.8 Å². The molecule has 1 aromatic heterocycles. The Morgan fingerprint density at radius 1 is 1.32 bits per heavy atom. The maximum absolute atomic E-state index is 13.6. The lowest BCUT2D eigenvalue weighted by Gasteiger charge is -2.08. The summed E-state index contributed by atoms with van der Waals surface area (Å²) >= 11 is 0.959. The molecule has 0 fully saturated rings. The zero-order chi connectivity index (χ0) is 14.2. The van der Waals surface area contributed by atoms with E-state index >= 15 is 0 Å². The third-order valence-electron chi connectivity index (χ3n) is 2.46. The number of aliphatic hydroxyl groups is 1. The molecule has 0 aliphatic heterocycles. The number of rotatable bonds is 2. The van der Waals surface area contributed by atoms with Crippen molar-refractivity contribution in [3.63, 3.8) is 0 Å². The molecule has 0 saturated heterocycles. The number of hydrogen-bond acceptors (Lipinski definition) is 3. The Morgan fingerprint density at radius 2 is 2.00 bits per heavy atom. The van der Waals surface area contributed by atoms with Gasteiger partial charge in [-0.2, -0.15) is 13.2 Å². The van der Waals surface area contributed by atoms with Crippen molar-refractivity contribution in [1.29, 1.82) is 0 Å². The van der Waals surface area contributed by atoms with Crippen molar-refractivity contribution >= 4 is 11.3 Å². The van der Waals surface area contributed by atoms with Gasteiger partial charge in [-0.25, -0.2) is 9.37 Å². The van der Waals surface area contributed by atoms with Gasteiger partial charge in [0.2, 0.25) is 0 Å². The van der Waals surface area contributed by atoms with Crippen molar-refractivity contribution in [1.82, 2.24) is 4.98 Å². The molecule has 1 unspecified atom stereocenters. The fourth-order valence-corrected chi connectivity index (χ4v) is 2.34. The minimum absolute atomic E-state index is 0.111. The van der Waals surface area contributed by atoms with Crippen molar-refractivity contribution < 1.29 is 22.7 Å². The maximum Gasteiger partial charge on any atom is 0.416 e. The van der Waals surface area contributed by atoms with E-state index < -0.39 is 23.7 Å². The Hall–Kier alpha value is -1.47. The summed E-state index contributed by atoms with van der Waals surface area (Å²) in [6, 6.07) is 2.17. The van der Waals surface area contributed by atoms with Crippen LogP contribution in [-0.2, 0) is 6.18 Å². The Kier molecular flexibility index (Phi) is 3.60. The minimum atomic E-state index is -4.53. The Balaban J connectivity index is 2.48. The number of nitrogens with zero attached hydrogens (tertiary/aromatic N) is 1. The molecule has 1 N–H and O–H groups in total. The second kappa shape index (κ2) is 4.90. The van der Waals surface area contributed by atoms with Crippen molar-refractivity contribution in [3.05, 3.63) is 40.7 Å². The maximum atomic E-state index is 13.6. The molecule has 0 spiro atoms. The van der Waals surface area contributed by atoms with E-state index in [9.17, 15) is 22.7 Å². The summed E-state index contributed by atoms with van der Waals surface area (Å²) in [5.41, 5.74) is -1.15. The molecule has 1 atom stereocenters. The lowest BCUT2D eigenvalue weighted by atomic mass is 10.1. The molecule has 2 aromatic rings. The van der Waals surface area contributed by atoms with Crippen LogP contribution in [0.2, 0.25) is 0 Å². The van der Waals surface area contributed by atoms with Gasteiger partial charge in [-0.15, -0.1) is 11.3 Å². The molecule has 0 bridgehead atoms. The van der Waals surface area contributed by atoms with Crippen LogP contribution in [0.4, 0.5) is 17.6 Å². The summed E-state index contributed by atoms with van der Waals surface area (Å²) in [5, 5.41) is 9.44. The standard InChI is InChI=1S/C12H9F4NOS/c1-6(18)10-5-17-11(19-10)8-4-7(12(14,15)16)2-3-9(8)13/h2-6,18H,1H3. The zero-order valence-electron chi connectivity index (χ0n) is 9.70. The molecule has 7 heteroatoms. The fourth-order valence-electron chi connectivity index (χ4n) is 1.47. The van der Waals surface area contributed by atoms with E-state index in [1.807, 2.05) is 0 Å².